The van der Waals surface area contributed by atoms with Crippen LogP contribution in [0.5, 0.6) is 5.75 Å². The monoisotopic (exact) mass is 244 g/mol. The minimum atomic E-state index is -3.34. The molecule has 1 aromatic rings. The highest BCUT2D eigenvalue weighted by Gasteiger charge is 2.16. The van der Waals surface area contributed by atoms with Gasteiger partial charge in [0.05, 0.1) is 11.0 Å². The largest absolute Gasteiger partial charge is 0.508 e. The maximum Gasteiger partial charge on any atom is 0.175 e. The van der Waals surface area contributed by atoms with Crippen LogP contribution in [0.3, 0.4) is 0 Å². The van der Waals surface area contributed by atoms with Gasteiger partial charge in [-0.25, -0.2) is 8.42 Å². The number of aliphatic hydroxyl groups excluding tert-OH is 1. The maximum atomic E-state index is 11.5. The molecule has 16 heavy (non-hydrogen) atoms. The predicted octanol–water partition coefficient (Wildman–Crippen LogP) is 1.03. The van der Waals surface area contributed by atoms with Gasteiger partial charge in [-0.15, -0.1) is 0 Å². The molecule has 0 bridgehead atoms. The highest BCUT2D eigenvalue weighted by atomic mass is 32.2. The number of rotatable bonds is 3. The Morgan fingerprint density at radius 1 is 1.38 bits per heavy atom. The summed E-state index contributed by atoms with van der Waals surface area (Å²) in [7, 11) is -3.34. The lowest BCUT2D eigenvalue weighted by atomic mass is 10.1. The molecule has 0 heterocycles. The van der Waals surface area contributed by atoms with Crippen LogP contribution >= 0.6 is 0 Å². The summed E-state index contributed by atoms with van der Waals surface area (Å²) in [4.78, 5) is 0.170. The van der Waals surface area contributed by atoms with Crippen molar-refractivity contribution in [2.75, 3.05) is 6.26 Å². The van der Waals surface area contributed by atoms with Crippen LogP contribution in [0, 0.1) is 6.92 Å². The van der Waals surface area contributed by atoms with E-state index in [4.69, 9.17) is 0 Å². The second-order valence-corrected chi connectivity index (χ2v) is 6.06. The third-order valence-corrected chi connectivity index (χ3v) is 3.47. The zero-order valence-corrected chi connectivity index (χ0v) is 10.4. The fourth-order valence-corrected chi connectivity index (χ4v) is 2.55. The molecule has 0 aliphatic rings. The van der Waals surface area contributed by atoms with E-state index in [-0.39, 0.29) is 17.1 Å². The third-order valence-electron chi connectivity index (χ3n) is 2.29. The van der Waals surface area contributed by atoms with Crippen LogP contribution in [-0.4, -0.2) is 31.0 Å². The summed E-state index contributed by atoms with van der Waals surface area (Å²) >= 11 is 0. The molecule has 1 unspecified atom stereocenters. The van der Waals surface area contributed by atoms with Crippen molar-refractivity contribution in [3.05, 3.63) is 23.3 Å². The molecule has 0 radical (unpaired) electrons. The Balaban J connectivity index is 3.40. The van der Waals surface area contributed by atoms with Crippen LogP contribution in [0.25, 0.3) is 0 Å². The van der Waals surface area contributed by atoms with Crippen molar-refractivity contribution in [1.29, 1.82) is 0 Å². The Bertz CT molecular complexity index is 489. The van der Waals surface area contributed by atoms with Gasteiger partial charge in [0, 0.05) is 6.26 Å². The van der Waals surface area contributed by atoms with Gasteiger partial charge in [0.25, 0.3) is 0 Å². The molecule has 90 valence electrons. The maximum absolute atomic E-state index is 11.5. The number of aliphatic hydroxyl groups is 1. The predicted molar refractivity (Wildman–Crippen MR) is 61.3 cm³/mol. The number of benzene rings is 1. The first-order valence-electron chi connectivity index (χ1n) is 4.92. The van der Waals surface area contributed by atoms with E-state index in [1.165, 1.54) is 12.1 Å². The van der Waals surface area contributed by atoms with E-state index in [1.54, 1.807) is 13.8 Å². The smallest absolute Gasteiger partial charge is 0.175 e. The third kappa shape index (κ3) is 2.96. The van der Waals surface area contributed by atoms with Gasteiger partial charge in [-0.3, -0.25) is 0 Å². The van der Waals surface area contributed by atoms with Crippen molar-refractivity contribution < 1.29 is 18.6 Å². The van der Waals surface area contributed by atoms with E-state index in [9.17, 15) is 18.6 Å². The number of phenols is 1. The zero-order chi connectivity index (χ0) is 12.5. The summed E-state index contributed by atoms with van der Waals surface area (Å²) in [6.07, 6.45) is 0.670. The number of hydrogen-bond acceptors (Lipinski definition) is 4. The first-order valence-corrected chi connectivity index (χ1v) is 6.81. The number of sulfone groups is 1. The molecule has 0 saturated heterocycles. The van der Waals surface area contributed by atoms with Crippen molar-refractivity contribution >= 4 is 9.84 Å². The number of aromatic hydroxyl groups is 1. The number of phenolic OH excluding ortho intramolecular Hbond substituents is 1. The molecular weight excluding hydrogens is 228 g/mol. The average molecular weight is 244 g/mol. The standard InChI is InChI=1S/C11H16O4S/c1-7-4-11(16(3,14)15)9(5-8(2)12)6-10(7)13/h4,6,8,12-13H,5H2,1-3H3. The van der Waals surface area contributed by atoms with E-state index in [1.807, 2.05) is 0 Å². The molecule has 2 N–H and O–H groups in total. The quantitative estimate of drug-likeness (QED) is 0.832. The van der Waals surface area contributed by atoms with Crippen molar-refractivity contribution in [2.24, 2.45) is 0 Å². The van der Waals surface area contributed by atoms with E-state index >= 15 is 0 Å². The van der Waals surface area contributed by atoms with E-state index in [0.29, 0.717) is 11.1 Å². The Morgan fingerprint density at radius 3 is 2.38 bits per heavy atom. The van der Waals surface area contributed by atoms with Crippen LogP contribution in [0.2, 0.25) is 0 Å². The van der Waals surface area contributed by atoms with Gasteiger partial charge in [0.2, 0.25) is 0 Å². The van der Waals surface area contributed by atoms with Crippen molar-refractivity contribution in [1.82, 2.24) is 0 Å². The molecule has 0 fully saturated rings. The van der Waals surface area contributed by atoms with E-state index in [2.05, 4.69) is 0 Å². The van der Waals surface area contributed by atoms with Gasteiger partial charge in [-0.2, -0.15) is 0 Å². The van der Waals surface area contributed by atoms with E-state index in [0.717, 1.165) is 6.26 Å². The Kier molecular flexibility index (Phi) is 3.60. The molecule has 1 aromatic carbocycles. The first kappa shape index (κ1) is 13.0. The van der Waals surface area contributed by atoms with E-state index < -0.39 is 15.9 Å². The summed E-state index contributed by atoms with van der Waals surface area (Å²) in [6.45, 7) is 3.21. The number of aryl methyl sites for hydroxylation is 1. The first-order chi connectivity index (χ1) is 7.21. The molecule has 0 aliphatic carbocycles. The molecule has 1 rings (SSSR count). The van der Waals surface area contributed by atoms with Gasteiger partial charge < -0.3 is 10.2 Å². The molecule has 0 amide bonds. The molecule has 1 atom stereocenters. The zero-order valence-electron chi connectivity index (χ0n) is 9.56. The minimum Gasteiger partial charge on any atom is -0.508 e. The van der Waals surface area contributed by atoms with Crippen LogP contribution in [-0.2, 0) is 16.3 Å². The van der Waals surface area contributed by atoms with Gasteiger partial charge in [-0.05, 0) is 43.5 Å². The molecule has 0 aromatic heterocycles. The molecule has 0 spiro atoms. The lowest BCUT2D eigenvalue weighted by molar-refractivity contribution is 0.194. The van der Waals surface area contributed by atoms with Crippen LogP contribution in [0.15, 0.2) is 17.0 Å². The second-order valence-electron chi connectivity index (χ2n) is 4.07. The van der Waals surface area contributed by atoms with Crippen molar-refractivity contribution in [3.63, 3.8) is 0 Å². The second kappa shape index (κ2) is 4.43. The fourth-order valence-electron chi connectivity index (χ4n) is 1.54. The molecular formula is C11H16O4S. The minimum absolute atomic E-state index is 0.0445. The topological polar surface area (TPSA) is 74.6 Å². The molecule has 0 aliphatic heterocycles. The lowest BCUT2D eigenvalue weighted by Crippen LogP contribution is -2.10. The molecule has 4 nitrogen and oxygen atoms in total. The van der Waals surface area contributed by atoms with Crippen LogP contribution < -0.4 is 0 Å². The summed E-state index contributed by atoms with van der Waals surface area (Å²) < 4.78 is 23.1. The van der Waals surface area contributed by atoms with Gasteiger partial charge in [-0.1, -0.05) is 0 Å². The lowest BCUT2D eigenvalue weighted by Gasteiger charge is -2.12. The fraction of sp³-hybridized carbons (Fsp3) is 0.455. The van der Waals surface area contributed by atoms with Crippen LogP contribution in [0.4, 0.5) is 0 Å². The normalized spacial score (nSPS) is 13.8. The van der Waals surface area contributed by atoms with Gasteiger partial charge in [0.15, 0.2) is 9.84 Å². The summed E-state index contributed by atoms with van der Waals surface area (Å²) in [6, 6.07) is 2.83. The molecule has 5 heteroatoms. The van der Waals surface area contributed by atoms with Crippen LogP contribution in [0.1, 0.15) is 18.1 Å². The Morgan fingerprint density at radius 2 is 1.94 bits per heavy atom. The highest BCUT2D eigenvalue weighted by Crippen LogP contribution is 2.26. The Labute approximate surface area is 95.5 Å². The van der Waals surface area contributed by atoms with Gasteiger partial charge in [0.1, 0.15) is 5.75 Å². The highest BCUT2D eigenvalue weighted by molar-refractivity contribution is 7.90. The van der Waals surface area contributed by atoms with Crippen molar-refractivity contribution in [2.45, 2.75) is 31.3 Å². The Hall–Kier alpha value is -1.07. The number of hydrogen-bond donors (Lipinski definition) is 2. The summed E-state index contributed by atoms with van der Waals surface area (Å²) in [5, 5.41) is 18.8. The summed E-state index contributed by atoms with van der Waals surface area (Å²) in [5.41, 5.74) is 0.954. The average Bonchev–Trinajstić information content (AvgIpc) is 2.08. The van der Waals surface area contributed by atoms with Gasteiger partial charge >= 0.3 is 0 Å². The molecule has 0 saturated carbocycles. The van der Waals surface area contributed by atoms with Crippen molar-refractivity contribution in [3.8, 4) is 5.75 Å². The SMILES string of the molecule is Cc1cc(S(C)(=O)=O)c(CC(C)O)cc1O. The summed E-state index contributed by atoms with van der Waals surface area (Å²) in [5.74, 6) is 0.0445.